The number of hydrogen-bond acceptors (Lipinski definition) is 6. The maximum atomic E-state index is 5.59. The Kier molecular flexibility index (Phi) is 3.55. The zero-order valence-electron chi connectivity index (χ0n) is 9.64. The van der Waals surface area contributed by atoms with Gasteiger partial charge in [0.15, 0.2) is 0 Å². The van der Waals surface area contributed by atoms with E-state index in [0.717, 1.165) is 21.9 Å². The fraction of sp³-hybridized carbons (Fsp3) is 0.273. The van der Waals surface area contributed by atoms with E-state index in [0.29, 0.717) is 11.7 Å². The minimum Gasteiger partial charge on any atom is -0.497 e. The molecule has 0 aliphatic carbocycles. The van der Waals surface area contributed by atoms with Gasteiger partial charge in [-0.3, -0.25) is 0 Å². The molecule has 1 aromatic heterocycles. The summed E-state index contributed by atoms with van der Waals surface area (Å²) in [4.78, 5) is 0. The monoisotopic (exact) mass is 251 g/mol. The normalized spacial score (nSPS) is 10.5. The molecule has 5 nitrogen and oxygen atoms in total. The maximum Gasteiger partial charge on any atom is 0.203 e. The average Bonchev–Trinajstić information content (AvgIpc) is 2.77. The van der Waals surface area contributed by atoms with Gasteiger partial charge in [-0.05, 0) is 17.7 Å². The van der Waals surface area contributed by atoms with E-state index >= 15 is 0 Å². The van der Waals surface area contributed by atoms with Gasteiger partial charge in [-0.2, -0.15) is 0 Å². The lowest BCUT2D eigenvalue weighted by molar-refractivity contribution is 0.185. The maximum absolute atomic E-state index is 5.59. The van der Waals surface area contributed by atoms with Crippen LogP contribution in [-0.4, -0.2) is 24.4 Å². The van der Waals surface area contributed by atoms with Gasteiger partial charge in [0.25, 0.3) is 0 Å². The first-order valence-electron chi connectivity index (χ1n) is 5.00. The van der Waals surface area contributed by atoms with Crippen molar-refractivity contribution in [1.82, 2.24) is 10.2 Å². The number of nitrogen functional groups attached to an aromatic ring is 1. The molecule has 0 atom stereocenters. The minimum absolute atomic E-state index is 0.450. The predicted molar refractivity (Wildman–Crippen MR) is 67.0 cm³/mol. The fourth-order valence-electron chi connectivity index (χ4n) is 1.51. The molecule has 0 spiro atoms. The van der Waals surface area contributed by atoms with Gasteiger partial charge in [-0.15, -0.1) is 10.2 Å². The van der Waals surface area contributed by atoms with Crippen LogP contribution in [0.15, 0.2) is 18.2 Å². The van der Waals surface area contributed by atoms with Crippen molar-refractivity contribution in [1.29, 1.82) is 0 Å². The van der Waals surface area contributed by atoms with Crippen molar-refractivity contribution in [2.24, 2.45) is 0 Å². The van der Waals surface area contributed by atoms with Crippen LogP contribution in [-0.2, 0) is 11.3 Å². The standard InChI is InChI=1S/C11H13N3O2S/c1-15-6-7-3-4-8(16-2)5-9(7)10-13-14-11(12)17-10/h3-5H,6H2,1-2H3,(H2,12,14). The van der Waals surface area contributed by atoms with E-state index in [2.05, 4.69) is 10.2 Å². The number of rotatable bonds is 4. The summed E-state index contributed by atoms with van der Waals surface area (Å²) < 4.78 is 10.4. The van der Waals surface area contributed by atoms with Gasteiger partial charge in [0.05, 0.1) is 13.7 Å². The Labute approximate surface area is 103 Å². The van der Waals surface area contributed by atoms with Crippen molar-refractivity contribution >= 4 is 16.5 Å². The van der Waals surface area contributed by atoms with Crippen molar-refractivity contribution in [3.05, 3.63) is 23.8 Å². The second kappa shape index (κ2) is 5.11. The molecule has 0 unspecified atom stereocenters. The van der Waals surface area contributed by atoms with Crippen LogP contribution in [0.25, 0.3) is 10.6 Å². The molecule has 0 radical (unpaired) electrons. The van der Waals surface area contributed by atoms with E-state index in [-0.39, 0.29) is 0 Å². The molecule has 1 aromatic carbocycles. The number of anilines is 1. The molecule has 6 heteroatoms. The first-order valence-corrected chi connectivity index (χ1v) is 5.81. The van der Waals surface area contributed by atoms with Crippen LogP contribution in [0, 0.1) is 0 Å². The predicted octanol–water partition coefficient (Wildman–Crippen LogP) is 1.94. The molecule has 17 heavy (non-hydrogen) atoms. The van der Waals surface area contributed by atoms with Gasteiger partial charge in [0.2, 0.25) is 5.13 Å². The van der Waals surface area contributed by atoms with Gasteiger partial charge in [0, 0.05) is 12.7 Å². The lowest BCUT2D eigenvalue weighted by atomic mass is 10.1. The van der Waals surface area contributed by atoms with E-state index < -0.39 is 0 Å². The summed E-state index contributed by atoms with van der Waals surface area (Å²) >= 11 is 1.34. The summed E-state index contributed by atoms with van der Waals surface area (Å²) in [5.74, 6) is 0.772. The van der Waals surface area contributed by atoms with Gasteiger partial charge >= 0.3 is 0 Å². The molecule has 0 saturated carbocycles. The summed E-state index contributed by atoms with van der Waals surface area (Å²) in [7, 11) is 3.28. The second-order valence-electron chi connectivity index (χ2n) is 3.40. The highest BCUT2D eigenvalue weighted by atomic mass is 32.1. The van der Waals surface area contributed by atoms with Crippen LogP contribution in [0.5, 0.6) is 5.75 Å². The highest BCUT2D eigenvalue weighted by molar-refractivity contribution is 7.18. The van der Waals surface area contributed by atoms with Crippen molar-refractivity contribution < 1.29 is 9.47 Å². The zero-order valence-corrected chi connectivity index (χ0v) is 10.5. The van der Waals surface area contributed by atoms with Crippen LogP contribution in [0.1, 0.15) is 5.56 Å². The van der Waals surface area contributed by atoms with Crippen LogP contribution in [0.3, 0.4) is 0 Å². The Hall–Kier alpha value is -1.66. The molecule has 90 valence electrons. The summed E-state index contributed by atoms with van der Waals surface area (Å²) in [6.45, 7) is 0.513. The third kappa shape index (κ3) is 2.54. The van der Waals surface area contributed by atoms with Crippen molar-refractivity contribution in [2.45, 2.75) is 6.61 Å². The van der Waals surface area contributed by atoms with Crippen LogP contribution in [0.4, 0.5) is 5.13 Å². The van der Waals surface area contributed by atoms with Crippen LogP contribution < -0.4 is 10.5 Å². The summed E-state index contributed by atoms with van der Waals surface area (Å²) in [6, 6.07) is 5.76. The third-order valence-corrected chi connectivity index (χ3v) is 3.07. The van der Waals surface area contributed by atoms with Crippen molar-refractivity contribution in [3.63, 3.8) is 0 Å². The Morgan fingerprint density at radius 1 is 1.29 bits per heavy atom. The Balaban J connectivity index is 2.48. The number of aromatic nitrogens is 2. The second-order valence-corrected chi connectivity index (χ2v) is 4.41. The van der Waals surface area contributed by atoms with Crippen LogP contribution >= 0.6 is 11.3 Å². The van der Waals surface area contributed by atoms with Gasteiger partial charge < -0.3 is 15.2 Å². The third-order valence-electron chi connectivity index (χ3n) is 2.29. The molecule has 0 aliphatic rings. The number of nitrogens with zero attached hydrogens (tertiary/aromatic N) is 2. The molecule has 1 heterocycles. The smallest absolute Gasteiger partial charge is 0.203 e. The van der Waals surface area contributed by atoms with Gasteiger partial charge in [-0.25, -0.2) is 0 Å². The zero-order chi connectivity index (χ0) is 12.3. The minimum atomic E-state index is 0.450. The number of benzene rings is 1. The Bertz CT molecular complexity index is 513. The highest BCUT2D eigenvalue weighted by Gasteiger charge is 2.11. The Morgan fingerprint density at radius 3 is 2.71 bits per heavy atom. The van der Waals surface area contributed by atoms with E-state index in [1.54, 1.807) is 14.2 Å². The first-order chi connectivity index (χ1) is 8.24. The number of methoxy groups -OCH3 is 2. The molecule has 2 N–H and O–H groups in total. The summed E-state index contributed by atoms with van der Waals surface area (Å²) in [5.41, 5.74) is 7.57. The Morgan fingerprint density at radius 2 is 2.12 bits per heavy atom. The molecule has 2 rings (SSSR count). The molecular weight excluding hydrogens is 238 g/mol. The number of ether oxygens (including phenoxy) is 2. The summed E-state index contributed by atoms with van der Waals surface area (Å²) in [5, 5.41) is 9.07. The summed E-state index contributed by atoms with van der Waals surface area (Å²) in [6.07, 6.45) is 0. The number of hydrogen-bond donors (Lipinski definition) is 1. The number of nitrogens with two attached hydrogens (primary N) is 1. The average molecular weight is 251 g/mol. The van der Waals surface area contributed by atoms with Crippen LogP contribution in [0.2, 0.25) is 0 Å². The van der Waals surface area contributed by atoms with Gasteiger partial charge in [0.1, 0.15) is 10.8 Å². The molecule has 0 fully saturated rings. The molecule has 0 aliphatic heterocycles. The van der Waals surface area contributed by atoms with E-state index in [1.165, 1.54) is 11.3 Å². The molecule has 0 saturated heterocycles. The molecule has 0 amide bonds. The topological polar surface area (TPSA) is 70.3 Å². The lowest BCUT2D eigenvalue weighted by Gasteiger charge is -2.08. The highest BCUT2D eigenvalue weighted by Crippen LogP contribution is 2.31. The first kappa shape index (κ1) is 11.8. The SMILES string of the molecule is COCc1ccc(OC)cc1-c1nnc(N)s1. The van der Waals surface area contributed by atoms with Gasteiger partial charge in [-0.1, -0.05) is 17.4 Å². The molecule has 0 bridgehead atoms. The quantitative estimate of drug-likeness (QED) is 0.899. The molecule has 2 aromatic rings. The van der Waals surface area contributed by atoms with E-state index in [1.807, 2.05) is 18.2 Å². The van der Waals surface area contributed by atoms with Crippen molar-refractivity contribution in [2.75, 3.05) is 20.0 Å². The van der Waals surface area contributed by atoms with Crippen molar-refractivity contribution in [3.8, 4) is 16.3 Å². The largest absolute Gasteiger partial charge is 0.497 e. The lowest BCUT2D eigenvalue weighted by Crippen LogP contribution is -1.93. The fourth-order valence-corrected chi connectivity index (χ4v) is 2.17. The van der Waals surface area contributed by atoms with E-state index in [4.69, 9.17) is 15.2 Å². The molecular formula is C11H13N3O2S. The van der Waals surface area contributed by atoms with E-state index in [9.17, 15) is 0 Å².